The van der Waals surface area contributed by atoms with Gasteiger partial charge in [-0.25, -0.2) is 4.79 Å². The number of aryl methyl sites for hydroxylation is 1. The van der Waals surface area contributed by atoms with E-state index < -0.39 is 17.3 Å². The normalized spacial score (nSPS) is 17.4. The number of hydrogen-bond acceptors (Lipinski definition) is 6. The summed E-state index contributed by atoms with van der Waals surface area (Å²) < 4.78 is 13.1. The number of aromatic nitrogens is 2. The van der Waals surface area contributed by atoms with Gasteiger partial charge in [0.15, 0.2) is 0 Å². The number of ether oxygens (including phenoxy) is 2. The zero-order chi connectivity index (χ0) is 25.2. The molecule has 1 saturated heterocycles. The second-order valence-corrected chi connectivity index (χ2v) is 10.4. The molecule has 2 amide bonds. The third kappa shape index (κ3) is 5.40. The van der Waals surface area contributed by atoms with E-state index in [0.29, 0.717) is 38.3 Å². The highest BCUT2D eigenvalue weighted by atomic mass is 16.5. The van der Waals surface area contributed by atoms with Crippen LogP contribution < -0.4 is 11.1 Å². The van der Waals surface area contributed by atoms with Crippen LogP contribution in [0.4, 0.5) is 0 Å². The highest BCUT2D eigenvalue weighted by molar-refractivity contribution is 5.97. The lowest BCUT2D eigenvalue weighted by molar-refractivity contribution is 0.0145. The number of carbonyl (C=O) groups excluding carboxylic acids is 3. The van der Waals surface area contributed by atoms with Crippen molar-refractivity contribution in [3.05, 3.63) is 52.3 Å². The number of benzene rings is 1. The average Bonchev–Trinajstić information content (AvgIpc) is 3.10. The molecule has 35 heavy (non-hydrogen) atoms. The Morgan fingerprint density at radius 3 is 2.66 bits per heavy atom. The fourth-order valence-electron chi connectivity index (χ4n) is 4.90. The molecule has 3 heterocycles. The van der Waals surface area contributed by atoms with Crippen LogP contribution in [0.2, 0.25) is 0 Å². The highest BCUT2D eigenvalue weighted by Gasteiger charge is 2.40. The third-order valence-corrected chi connectivity index (χ3v) is 6.97. The quantitative estimate of drug-likeness (QED) is 0.584. The molecule has 9 nitrogen and oxygen atoms in total. The second kappa shape index (κ2) is 9.81. The van der Waals surface area contributed by atoms with Crippen molar-refractivity contribution in [2.24, 2.45) is 16.6 Å². The number of hydrogen-bond donors (Lipinski definition) is 2. The molecule has 2 aliphatic rings. The number of nitrogens with two attached hydrogens (primary N) is 1. The largest absolute Gasteiger partial charge is 0.461 e. The van der Waals surface area contributed by atoms with Gasteiger partial charge < -0.3 is 20.5 Å². The van der Waals surface area contributed by atoms with Crippen LogP contribution in [0.1, 0.15) is 76.1 Å². The number of nitrogens with one attached hydrogen (secondary N) is 1. The molecule has 3 N–H and O–H groups in total. The van der Waals surface area contributed by atoms with E-state index in [2.05, 4.69) is 5.32 Å². The Balaban J connectivity index is 1.53. The maximum atomic E-state index is 13.0. The molecule has 0 unspecified atom stereocenters. The van der Waals surface area contributed by atoms with Crippen LogP contribution in [0.3, 0.4) is 0 Å². The lowest BCUT2D eigenvalue weighted by Crippen LogP contribution is -2.41. The molecule has 188 valence electrons. The van der Waals surface area contributed by atoms with E-state index in [0.717, 1.165) is 30.7 Å². The Kier molecular flexibility index (Phi) is 6.98. The number of fused-ring (bicyclic) bond motifs is 1. The summed E-state index contributed by atoms with van der Waals surface area (Å²) in [5.74, 6) is -1.18. The number of carbonyl (C=O) groups is 3. The summed E-state index contributed by atoms with van der Waals surface area (Å²) in [6.07, 6.45) is 3.20. The van der Waals surface area contributed by atoms with Gasteiger partial charge in [-0.1, -0.05) is 26.8 Å². The van der Waals surface area contributed by atoms with Crippen molar-refractivity contribution in [1.29, 1.82) is 0 Å². The standard InChI is InChI=1S/C26H34N4O5/c1-4-19-21-20(13-26(14-28-23(21)32)8-10-34-11-9-26)30(29-19)15-25(2,3)16-35-24(33)18-7-5-6-17(12-18)22(27)31/h5-7,12H,4,8-11,13-16H2,1-3H3,(H2,27,31)(H,28,32). The summed E-state index contributed by atoms with van der Waals surface area (Å²) in [4.78, 5) is 37.1. The number of nitrogens with zero attached hydrogens (tertiary/aromatic N) is 2. The van der Waals surface area contributed by atoms with E-state index in [4.69, 9.17) is 20.3 Å². The minimum Gasteiger partial charge on any atom is -0.461 e. The summed E-state index contributed by atoms with van der Waals surface area (Å²) >= 11 is 0. The SMILES string of the molecule is CCc1nn(CC(C)(C)COC(=O)c2cccc(C(N)=O)c2)c2c1C(=O)NCC1(CCOCC1)C2. The van der Waals surface area contributed by atoms with Gasteiger partial charge in [-0.15, -0.1) is 0 Å². The molecule has 0 aliphatic carbocycles. The Bertz CT molecular complexity index is 1130. The molecule has 1 spiro atoms. The molecule has 1 fully saturated rings. The molecule has 9 heteroatoms. The molecule has 1 aromatic carbocycles. The van der Waals surface area contributed by atoms with Crippen LogP contribution in [0.15, 0.2) is 24.3 Å². The maximum Gasteiger partial charge on any atom is 0.338 e. The topological polar surface area (TPSA) is 126 Å². The molecule has 0 saturated carbocycles. The first-order valence-corrected chi connectivity index (χ1v) is 12.1. The zero-order valence-electron chi connectivity index (χ0n) is 20.7. The van der Waals surface area contributed by atoms with E-state index in [1.54, 1.807) is 18.2 Å². The van der Waals surface area contributed by atoms with Gasteiger partial charge in [0.25, 0.3) is 5.91 Å². The van der Waals surface area contributed by atoms with Crippen LogP contribution in [0.5, 0.6) is 0 Å². The van der Waals surface area contributed by atoms with Crippen LogP contribution in [0, 0.1) is 10.8 Å². The number of rotatable bonds is 7. The zero-order valence-corrected chi connectivity index (χ0v) is 20.7. The predicted octanol–water partition coefficient (Wildman–Crippen LogP) is 2.51. The highest BCUT2D eigenvalue weighted by Crippen LogP contribution is 2.38. The molecule has 4 rings (SSSR count). The molecule has 0 radical (unpaired) electrons. The summed E-state index contributed by atoms with van der Waals surface area (Å²) in [6, 6.07) is 6.18. The van der Waals surface area contributed by atoms with Crippen molar-refractivity contribution in [2.75, 3.05) is 26.4 Å². The second-order valence-electron chi connectivity index (χ2n) is 10.4. The van der Waals surface area contributed by atoms with Gasteiger partial charge in [0, 0.05) is 37.3 Å². The van der Waals surface area contributed by atoms with Gasteiger partial charge in [0.2, 0.25) is 5.91 Å². The van der Waals surface area contributed by atoms with Crippen molar-refractivity contribution in [1.82, 2.24) is 15.1 Å². The van der Waals surface area contributed by atoms with Crippen LogP contribution >= 0.6 is 0 Å². The van der Waals surface area contributed by atoms with Crippen molar-refractivity contribution in [2.45, 2.75) is 53.0 Å². The third-order valence-electron chi connectivity index (χ3n) is 6.97. The van der Waals surface area contributed by atoms with E-state index in [1.165, 1.54) is 6.07 Å². The first-order valence-electron chi connectivity index (χ1n) is 12.1. The Morgan fingerprint density at radius 2 is 1.97 bits per heavy atom. The number of esters is 1. The Morgan fingerprint density at radius 1 is 1.26 bits per heavy atom. The van der Waals surface area contributed by atoms with E-state index in [9.17, 15) is 14.4 Å². The minimum absolute atomic E-state index is 0.0377. The fourth-order valence-corrected chi connectivity index (χ4v) is 4.90. The van der Waals surface area contributed by atoms with Crippen molar-refractivity contribution < 1.29 is 23.9 Å². The molecule has 0 atom stereocenters. The van der Waals surface area contributed by atoms with Crippen LogP contribution in [-0.2, 0) is 28.9 Å². The van der Waals surface area contributed by atoms with Crippen molar-refractivity contribution in [3.63, 3.8) is 0 Å². The molecular weight excluding hydrogens is 448 g/mol. The van der Waals surface area contributed by atoms with E-state index in [-0.39, 0.29) is 29.1 Å². The van der Waals surface area contributed by atoms with Crippen LogP contribution in [-0.4, -0.2) is 53.9 Å². The average molecular weight is 483 g/mol. The Labute approximate surface area is 205 Å². The van der Waals surface area contributed by atoms with Crippen LogP contribution in [0.25, 0.3) is 0 Å². The smallest absolute Gasteiger partial charge is 0.338 e. The summed E-state index contributed by atoms with van der Waals surface area (Å²) in [6.45, 7) is 8.66. The van der Waals surface area contributed by atoms with Gasteiger partial charge in [-0.05, 0) is 49.3 Å². The summed E-state index contributed by atoms with van der Waals surface area (Å²) in [7, 11) is 0. The minimum atomic E-state index is -0.600. The monoisotopic (exact) mass is 482 g/mol. The summed E-state index contributed by atoms with van der Waals surface area (Å²) in [5, 5.41) is 7.95. The first-order chi connectivity index (χ1) is 16.6. The van der Waals surface area contributed by atoms with Gasteiger partial charge in [-0.3, -0.25) is 14.3 Å². The lowest BCUT2D eigenvalue weighted by atomic mass is 9.76. The Hall–Kier alpha value is -3.20. The summed E-state index contributed by atoms with van der Waals surface area (Å²) in [5.41, 5.74) is 7.79. The lowest BCUT2D eigenvalue weighted by Gasteiger charge is -2.36. The fraction of sp³-hybridized carbons (Fsp3) is 0.538. The van der Waals surface area contributed by atoms with Gasteiger partial charge >= 0.3 is 5.97 Å². The van der Waals surface area contributed by atoms with Gasteiger partial charge in [0.05, 0.1) is 29.1 Å². The molecule has 0 bridgehead atoms. The molecule has 2 aromatic rings. The predicted molar refractivity (Wildman–Crippen MR) is 129 cm³/mol. The number of primary amides is 1. The van der Waals surface area contributed by atoms with E-state index >= 15 is 0 Å². The maximum absolute atomic E-state index is 13.0. The van der Waals surface area contributed by atoms with E-state index in [1.807, 2.05) is 25.5 Å². The first kappa shape index (κ1) is 24.9. The molecule has 1 aromatic heterocycles. The van der Waals surface area contributed by atoms with Crippen molar-refractivity contribution in [3.8, 4) is 0 Å². The van der Waals surface area contributed by atoms with Gasteiger partial charge in [0.1, 0.15) is 0 Å². The van der Waals surface area contributed by atoms with Crippen molar-refractivity contribution >= 4 is 17.8 Å². The van der Waals surface area contributed by atoms with Gasteiger partial charge in [-0.2, -0.15) is 5.10 Å². The number of amides is 2. The molecule has 2 aliphatic heterocycles. The molecular formula is C26H34N4O5.